The summed E-state index contributed by atoms with van der Waals surface area (Å²) in [4.78, 5) is 16.2. The van der Waals surface area contributed by atoms with Gasteiger partial charge in [0, 0.05) is 28.2 Å². The van der Waals surface area contributed by atoms with E-state index in [0.717, 1.165) is 24.4 Å². The Morgan fingerprint density at radius 3 is 2.67 bits per heavy atom. The molecule has 0 bridgehead atoms. The van der Waals surface area contributed by atoms with Gasteiger partial charge in [-0.2, -0.15) is 0 Å². The number of carbonyl (C=O) groups is 1. The zero-order valence-electron chi connectivity index (χ0n) is 17.0. The highest BCUT2D eigenvalue weighted by molar-refractivity contribution is 8.07. The van der Waals surface area contributed by atoms with Gasteiger partial charge >= 0.3 is 0 Å². The molecule has 1 aromatic rings. The predicted octanol–water partition coefficient (Wildman–Crippen LogP) is 6.26. The Bertz CT molecular complexity index is 766. The number of methoxy groups -OCH3 is 1. The van der Waals surface area contributed by atoms with Crippen LogP contribution in [0.3, 0.4) is 0 Å². The van der Waals surface area contributed by atoms with E-state index in [1.54, 1.807) is 43.1 Å². The van der Waals surface area contributed by atoms with Gasteiger partial charge in [0.25, 0.3) is 5.91 Å². The fourth-order valence-corrected chi connectivity index (χ4v) is 4.43. The summed E-state index contributed by atoms with van der Waals surface area (Å²) in [6.45, 7) is 11.8. The average Bonchev–Trinajstić information content (AvgIpc) is 2.89. The highest BCUT2D eigenvalue weighted by atomic mass is 35.5. The fraction of sp³-hybridized carbons (Fsp3) is 0.476. The topological polar surface area (TPSA) is 41.6 Å². The summed E-state index contributed by atoms with van der Waals surface area (Å²) in [5.74, 6) is 0.389. The van der Waals surface area contributed by atoms with Crippen molar-refractivity contribution in [1.82, 2.24) is 4.90 Å². The molecule has 4 nitrogen and oxygen atoms in total. The second-order valence-electron chi connectivity index (χ2n) is 7.59. The number of nitrogens with zero attached hydrogens (tertiary/aromatic N) is 1. The van der Waals surface area contributed by atoms with Crippen LogP contribution in [0.4, 0.5) is 5.69 Å². The third-order valence-electron chi connectivity index (χ3n) is 4.30. The molecule has 0 saturated carbocycles. The van der Waals surface area contributed by atoms with Gasteiger partial charge in [-0.3, -0.25) is 4.79 Å². The van der Waals surface area contributed by atoms with Crippen LogP contribution in [-0.2, 0) is 4.79 Å². The first kappa shape index (κ1) is 21.7. The molecule has 0 radical (unpaired) electrons. The summed E-state index contributed by atoms with van der Waals surface area (Å²) in [6.07, 6.45) is 3.86. The number of hydrogen-bond donors (Lipinski definition) is 1. The van der Waals surface area contributed by atoms with Crippen LogP contribution in [0.5, 0.6) is 5.75 Å². The van der Waals surface area contributed by atoms with Crippen molar-refractivity contribution in [3.05, 3.63) is 44.9 Å². The molecule has 6 heteroatoms. The molecule has 2 rings (SSSR count). The molecule has 0 aliphatic carbocycles. The van der Waals surface area contributed by atoms with Gasteiger partial charge in [-0.05, 0) is 37.0 Å². The van der Waals surface area contributed by atoms with Gasteiger partial charge in [0.05, 0.1) is 17.8 Å². The monoisotopic (exact) mass is 408 g/mol. The normalized spacial score (nSPS) is 16.3. The minimum Gasteiger partial charge on any atom is -0.495 e. The molecule has 0 saturated heterocycles. The van der Waals surface area contributed by atoms with Crippen molar-refractivity contribution in [2.75, 3.05) is 19.0 Å². The lowest BCUT2D eigenvalue weighted by atomic mass is 9.94. The Kier molecular flexibility index (Phi) is 7.29. The standard InChI is InChI=1S/C21H29ClN2O2S/c1-7-8-11-24-14(2)20(21(3,4)5)27-19(24)13-18(25)23-16-12-15(22)9-10-17(16)26-6/h9-10,12-13H,7-8,11H2,1-6H3,(H,23,25)/b19-13-. The van der Waals surface area contributed by atoms with Crippen molar-refractivity contribution in [2.45, 2.75) is 47.5 Å². The largest absolute Gasteiger partial charge is 0.495 e. The average molecular weight is 409 g/mol. The number of rotatable bonds is 6. The predicted molar refractivity (Wildman–Crippen MR) is 116 cm³/mol. The van der Waals surface area contributed by atoms with Crippen LogP contribution < -0.4 is 10.1 Å². The van der Waals surface area contributed by atoms with Crippen LogP contribution >= 0.6 is 23.4 Å². The molecule has 1 aromatic carbocycles. The Labute approximate surface area is 172 Å². The summed E-state index contributed by atoms with van der Waals surface area (Å²) in [5, 5.41) is 4.40. The van der Waals surface area contributed by atoms with Crippen LogP contribution in [-0.4, -0.2) is 24.5 Å². The molecule has 148 valence electrons. The lowest BCUT2D eigenvalue weighted by Gasteiger charge is -2.22. The number of amides is 1. The second-order valence-corrected chi connectivity index (χ2v) is 9.06. The third kappa shape index (κ3) is 5.45. The second kappa shape index (κ2) is 9.07. The van der Waals surface area contributed by atoms with E-state index in [4.69, 9.17) is 16.3 Å². The van der Waals surface area contributed by atoms with Gasteiger partial charge in [-0.15, -0.1) is 0 Å². The van der Waals surface area contributed by atoms with E-state index in [2.05, 4.69) is 44.8 Å². The molecular weight excluding hydrogens is 380 g/mol. The molecule has 0 atom stereocenters. The van der Waals surface area contributed by atoms with Crippen molar-refractivity contribution in [2.24, 2.45) is 5.41 Å². The van der Waals surface area contributed by atoms with Gasteiger partial charge in [0.2, 0.25) is 0 Å². The molecule has 0 fully saturated rings. The Morgan fingerprint density at radius 1 is 1.37 bits per heavy atom. The van der Waals surface area contributed by atoms with E-state index in [9.17, 15) is 4.79 Å². The van der Waals surface area contributed by atoms with Crippen LogP contribution in [0, 0.1) is 5.41 Å². The van der Waals surface area contributed by atoms with Crippen molar-refractivity contribution < 1.29 is 9.53 Å². The third-order valence-corrected chi connectivity index (χ3v) is 6.19. The van der Waals surface area contributed by atoms with Crippen molar-refractivity contribution in [1.29, 1.82) is 0 Å². The molecule has 1 heterocycles. The molecule has 0 unspecified atom stereocenters. The minimum atomic E-state index is -0.192. The quantitative estimate of drug-likeness (QED) is 0.564. The van der Waals surface area contributed by atoms with Crippen molar-refractivity contribution >= 4 is 35.0 Å². The number of anilines is 1. The fourth-order valence-electron chi connectivity index (χ4n) is 2.98. The molecule has 0 aromatic heterocycles. The Hall–Kier alpha value is -1.59. The van der Waals surface area contributed by atoms with Gasteiger partial charge < -0.3 is 15.0 Å². The first-order chi connectivity index (χ1) is 12.7. The van der Waals surface area contributed by atoms with Crippen LogP contribution in [0.15, 0.2) is 39.9 Å². The van der Waals surface area contributed by atoms with Gasteiger partial charge in [-0.25, -0.2) is 0 Å². The smallest absolute Gasteiger partial charge is 0.251 e. The lowest BCUT2D eigenvalue weighted by molar-refractivity contribution is -0.112. The van der Waals surface area contributed by atoms with E-state index in [-0.39, 0.29) is 11.3 Å². The molecule has 1 N–H and O–H groups in total. The number of carbonyl (C=O) groups excluding carboxylic acids is 1. The highest BCUT2D eigenvalue weighted by Gasteiger charge is 2.32. The van der Waals surface area contributed by atoms with E-state index in [1.807, 2.05) is 0 Å². The number of thioether (sulfide) groups is 1. The number of benzene rings is 1. The van der Waals surface area contributed by atoms with Crippen molar-refractivity contribution in [3.63, 3.8) is 0 Å². The first-order valence-electron chi connectivity index (χ1n) is 9.20. The molecule has 0 spiro atoms. The number of nitrogens with one attached hydrogen (secondary N) is 1. The number of halogens is 1. The zero-order chi connectivity index (χ0) is 20.2. The summed E-state index contributed by atoms with van der Waals surface area (Å²) >= 11 is 7.74. The van der Waals surface area contributed by atoms with E-state index < -0.39 is 0 Å². The SMILES string of the molecule is CCCCN1C(C)=C(C(C)(C)C)S/C1=C\C(=O)Nc1cc(Cl)ccc1OC. The Morgan fingerprint density at radius 2 is 2.07 bits per heavy atom. The summed E-state index contributed by atoms with van der Waals surface area (Å²) in [5.41, 5.74) is 1.84. The minimum absolute atomic E-state index is 0.0431. The maximum absolute atomic E-state index is 12.7. The van der Waals surface area contributed by atoms with Gasteiger partial charge in [0.15, 0.2) is 0 Å². The lowest BCUT2D eigenvalue weighted by Crippen LogP contribution is -2.20. The van der Waals surface area contributed by atoms with Crippen LogP contribution in [0.2, 0.25) is 5.02 Å². The van der Waals surface area contributed by atoms with Gasteiger partial charge in [0.1, 0.15) is 5.75 Å². The first-order valence-corrected chi connectivity index (χ1v) is 10.4. The van der Waals surface area contributed by atoms with Gasteiger partial charge in [-0.1, -0.05) is 57.5 Å². The van der Waals surface area contributed by atoms with Crippen LogP contribution in [0.1, 0.15) is 47.5 Å². The maximum atomic E-state index is 12.7. The summed E-state index contributed by atoms with van der Waals surface area (Å²) in [7, 11) is 1.57. The highest BCUT2D eigenvalue weighted by Crippen LogP contribution is 2.49. The number of hydrogen-bond acceptors (Lipinski definition) is 4. The van der Waals surface area contributed by atoms with Crippen molar-refractivity contribution in [3.8, 4) is 5.75 Å². The molecular formula is C21H29ClN2O2S. The molecule has 1 aliphatic rings. The van der Waals surface area contributed by atoms with E-state index in [1.165, 1.54) is 10.6 Å². The molecule has 1 aliphatic heterocycles. The van der Waals surface area contributed by atoms with Crippen LogP contribution in [0.25, 0.3) is 0 Å². The van der Waals surface area contributed by atoms with E-state index >= 15 is 0 Å². The maximum Gasteiger partial charge on any atom is 0.251 e. The number of allylic oxidation sites excluding steroid dienone is 2. The molecule has 1 amide bonds. The zero-order valence-corrected chi connectivity index (χ0v) is 18.6. The molecule has 27 heavy (non-hydrogen) atoms. The Balaban J connectivity index is 2.26. The summed E-state index contributed by atoms with van der Waals surface area (Å²) in [6, 6.07) is 5.17. The summed E-state index contributed by atoms with van der Waals surface area (Å²) < 4.78 is 5.31. The number of ether oxygens (including phenoxy) is 1. The van der Waals surface area contributed by atoms with E-state index in [0.29, 0.717) is 16.5 Å². The number of unbranched alkanes of at least 4 members (excludes halogenated alkanes) is 1.